The van der Waals surface area contributed by atoms with Crippen molar-refractivity contribution in [1.82, 2.24) is 15.5 Å². The van der Waals surface area contributed by atoms with E-state index in [1.165, 1.54) is 0 Å². The molecular weight excluding hydrogens is 190 g/mol. The third kappa shape index (κ3) is 4.93. The van der Waals surface area contributed by atoms with Gasteiger partial charge in [0.05, 0.1) is 0 Å². The second-order valence-electron chi connectivity index (χ2n) is 4.23. The Hall–Kier alpha value is -0.900. The number of aromatic nitrogens is 2. The Morgan fingerprint density at radius 1 is 1.20 bits per heavy atom. The molecule has 0 radical (unpaired) electrons. The minimum atomic E-state index is 0.685. The lowest BCUT2D eigenvalue weighted by atomic mass is 10.1. The third-order valence-electron chi connectivity index (χ3n) is 2.26. The van der Waals surface area contributed by atoms with Gasteiger partial charge in [-0.25, -0.2) is 0 Å². The molecule has 4 nitrogen and oxygen atoms in total. The maximum Gasteiger partial charge on any atom is 0.216 e. The highest BCUT2D eigenvalue weighted by Crippen LogP contribution is 2.08. The van der Waals surface area contributed by atoms with Crippen LogP contribution in [0.2, 0.25) is 0 Å². The molecule has 1 aromatic rings. The van der Waals surface area contributed by atoms with Crippen LogP contribution in [-0.4, -0.2) is 23.8 Å². The fraction of sp³-hybridized carbons (Fsp3) is 0.818. The van der Waals surface area contributed by atoms with E-state index in [-0.39, 0.29) is 0 Å². The molecule has 86 valence electrons. The molecule has 1 N–H and O–H groups in total. The van der Waals surface area contributed by atoms with E-state index in [1.54, 1.807) is 0 Å². The maximum absolute atomic E-state index is 5.53. The molecular formula is C11H21N3O. The molecule has 0 saturated heterocycles. The standard InChI is InChI=1S/C11H21N3O/c1-9(2)6-7-11-14-13-10(15-11)5-4-8-12-3/h9,12H,4-8H2,1-3H3. The average Bonchev–Trinajstić information content (AvgIpc) is 2.63. The van der Waals surface area contributed by atoms with Gasteiger partial charge in [0, 0.05) is 12.8 Å². The summed E-state index contributed by atoms with van der Waals surface area (Å²) >= 11 is 0. The maximum atomic E-state index is 5.53. The van der Waals surface area contributed by atoms with E-state index in [9.17, 15) is 0 Å². The van der Waals surface area contributed by atoms with Gasteiger partial charge in [-0.1, -0.05) is 13.8 Å². The van der Waals surface area contributed by atoms with Crippen molar-refractivity contribution in [3.8, 4) is 0 Å². The van der Waals surface area contributed by atoms with E-state index < -0.39 is 0 Å². The molecule has 0 aliphatic carbocycles. The van der Waals surface area contributed by atoms with Crippen LogP contribution in [0.4, 0.5) is 0 Å². The normalized spacial score (nSPS) is 11.2. The zero-order valence-corrected chi connectivity index (χ0v) is 9.92. The van der Waals surface area contributed by atoms with Crippen LogP contribution < -0.4 is 5.32 Å². The lowest BCUT2D eigenvalue weighted by molar-refractivity contribution is 0.425. The molecule has 4 heteroatoms. The predicted octanol–water partition coefficient (Wildman–Crippen LogP) is 1.81. The van der Waals surface area contributed by atoms with Crippen LogP contribution in [0.1, 0.15) is 38.5 Å². The highest BCUT2D eigenvalue weighted by atomic mass is 16.4. The van der Waals surface area contributed by atoms with Crippen LogP contribution in [-0.2, 0) is 12.8 Å². The topological polar surface area (TPSA) is 51.0 Å². The number of hydrogen-bond acceptors (Lipinski definition) is 4. The molecule has 0 aliphatic heterocycles. The number of rotatable bonds is 7. The summed E-state index contributed by atoms with van der Waals surface area (Å²) in [5.74, 6) is 2.23. The quantitative estimate of drug-likeness (QED) is 0.699. The second kappa shape index (κ2) is 6.56. The lowest BCUT2D eigenvalue weighted by Gasteiger charge is -1.99. The van der Waals surface area contributed by atoms with Gasteiger partial charge in [0.25, 0.3) is 0 Å². The van der Waals surface area contributed by atoms with E-state index in [0.29, 0.717) is 5.92 Å². The average molecular weight is 211 g/mol. The van der Waals surface area contributed by atoms with Gasteiger partial charge >= 0.3 is 0 Å². The summed E-state index contributed by atoms with van der Waals surface area (Å²) in [4.78, 5) is 0. The first-order valence-electron chi connectivity index (χ1n) is 5.68. The fourth-order valence-electron chi connectivity index (χ4n) is 1.32. The van der Waals surface area contributed by atoms with Crippen molar-refractivity contribution in [3.63, 3.8) is 0 Å². The van der Waals surface area contributed by atoms with Gasteiger partial charge in [-0.3, -0.25) is 0 Å². The molecule has 1 aromatic heterocycles. The Labute approximate surface area is 91.5 Å². The van der Waals surface area contributed by atoms with E-state index in [2.05, 4.69) is 29.4 Å². The molecule has 0 atom stereocenters. The van der Waals surface area contributed by atoms with Crippen molar-refractivity contribution in [2.45, 2.75) is 39.5 Å². The Balaban J connectivity index is 2.29. The first-order valence-corrected chi connectivity index (χ1v) is 5.68. The number of aryl methyl sites for hydroxylation is 2. The number of hydrogen-bond donors (Lipinski definition) is 1. The fourth-order valence-corrected chi connectivity index (χ4v) is 1.32. The minimum absolute atomic E-state index is 0.685. The molecule has 0 amide bonds. The van der Waals surface area contributed by atoms with Gasteiger partial charge in [0.1, 0.15) is 0 Å². The van der Waals surface area contributed by atoms with Crippen LogP contribution in [0.5, 0.6) is 0 Å². The van der Waals surface area contributed by atoms with E-state index in [4.69, 9.17) is 4.42 Å². The molecule has 0 spiro atoms. The summed E-state index contributed by atoms with van der Waals surface area (Å²) in [6.07, 6.45) is 3.92. The molecule has 0 bridgehead atoms. The van der Waals surface area contributed by atoms with E-state index in [1.807, 2.05) is 7.05 Å². The summed E-state index contributed by atoms with van der Waals surface area (Å²) < 4.78 is 5.53. The first-order chi connectivity index (χ1) is 7.22. The minimum Gasteiger partial charge on any atom is -0.425 e. The van der Waals surface area contributed by atoms with Crippen LogP contribution in [0.25, 0.3) is 0 Å². The van der Waals surface area contributed by atoms with Crippen LogP contribution in [0.3, 0.4) is 0 Å². The first kappa shape index (κ1) is 12.2. The monoisotopic (exact) mass is 211 g/mol. The molecule has 0 aromatic carbocycles. The third-order valence-corrected chi connectivity index (χ3v) is 2.26. The SMILES string of the molecule is CNCCCc1nnc(CCC(C)C)o1. The van der Waals surface area contributed by atoms with Crippen molar-refractivity contribution in [2.75, 3.05) is 13.6 Å². The van der Waals surface area contributed by atoms with Gasteiger partial charge in [0.15, 0.2) is 0 Å². The van der Waals surface area contributed by atoms with Gasteiger partial charge in [-0.2, -0.15) is 0 Å². The number of nitrogens with zero attached hydrogens (tertiary/aromatic N) is 2. The molecule has 1 rings (SSSR count). The second-order valence-corrected chi connectivity index (χ2v) is 4.23. The van der Waals surface area contributed by atoms with Crippen molar-refractivity contribution < 1.29 is 4.42 Å². The predicted molar refractivity (Wildman–Crippen MR) is 59.7 cm³/mol. The molecule has 0 fully saturated rings. The Bertz CT molecular complexity index is 271. The Morgan fingerprint density at radius 2 is 1.87 bits per heavy atom. The molecule has 1 heterocycles. The van der Waals surface area contributed by atoms with Crippen molar-refractivity contribution in [3.05, 3.63) is 11.8 Å². The van der Waals surface area contributed by atoms with Crippen LogP contribution >= 0.6 is 0 Å². The van der Waals surface area contributed by atoms with Crippen molar-refractivity contribution >= 4 is 0 Å². The van der Waals surface area contributed by atoms with Gasteiger partial charge < -0.3 is 9.73 Å². The van der Waals surface area contributed by atoms with Gasteiger partial charge in [-0.15, -0.1) is 10.2 Å². The molecule has 15 heavy (non-hydrogen) atoms. The Kier molecular flexibility index (Phi) is 5.32. The summed E-state index contributed by atoms with van der Waals surface area (Å²) in [7, 11) is 1.95. The summed E-state index contributed by atoms with van der Waals surface area (Å²) in [5.41, 5.74) is 0. The van der Waals surface area contributed by atoms with Gasteiger partial charge in [0.2, 0.25) is 11.8 Å². The molecule has 0 aliphatic rings. The highest BCUT2D eigenvalue weighted by Gasteiger charge is 2.06. The van der Waals surface area contributed by atoms with Crippen LogP contribution in [0, 0.1) is 5.92 Å². The summed E-state index contributed by atoms with van der Waals surface area (Å²) in [6, 6.07) is 0. The van der Waals surface area contributed by atoms with Crippen molar-refractivity contribution in [2.24, 2.45) is 5.92 Å². The zero-order valence-electron chi connectivity index (χ0n) is 9.92. The van der Waals surface area contributed by atoms with Crippen LogP contribution in [0.15, 0.2) is 4.42 Å². The molecule has 0 unspecified atom stereocenters. The summed E-state index contributed by atoms with van der Waals surface area (Å²) in [6.45, 7) is 5.39. The van der Waals surface area contributed by atoms with Crippen molar-refractivity contribution in [1.29, 1.82) is 0 Å². The van der Waals surface area contributed by atoms with E-state index >= 15 is 0 Å². The van der Waals surface area contributed by atoms with E-state index in [0.717, 1.165) is 44.0 Å². The smallest absolute Gasteiger partial charge is 0.216 e. The molecule has 0 saturated carbocycles. The summed E-state index contributed by atoms with van der Waals surface area (Å²) in [5, 5.41) is 11.1. The number of nitrogens with one attached hydrogen (secondary N) is 1. The lowest BCUT2D eigenvalue weighted by Crippen LogP contribution is -2.08. The largest absolute Gasteiger partial charge is 0.425 e. The van der Waals surface area contributed by atoms with Gasteiger partial charge in [-0.05, 0) is 32.4 Å². The highest BCUT2D eigenvalue weighted by molar-refractivity contribution is 4.82. The Morgan fingerprint density at radius 3 is 2.47 bits per heavy atom. The zero-order chi connectivity index (χ0) is 11.1.